The van der Waals surface area contributed by atoms with Crippen LogP contribution in [0.15, 0.2) is 42.7 Å². The van der Waals surface area contributed by atoms with Gasteiger partial charge in [0.25, 0.3) is 0 Å². The van der Waals surface area contributed by atoms with Gasteiger partial charge in [-0.05, 0) is 30.3 Å². The fraction of sp³-hybridized carbons (Fsp3) is 0.348. The van der Waals surface area contributed by atoms with Crippen LogP contribution in [-0.4, -0.2) is 27.9 Å². The van der Waals surface area contributed by atoms with Crippen LogP contribution < -0.4 is 10.5 Å². The number of ether oxygens (including phenoxy) is 1. The lowest BCUT2D eigenvalue weighted by molar-refractivity contribution is 0.327. The number of hydrogen-bond donors (Lipinski definition) is 1. The normalized spacial score (nSPS) is 9.53. The predicted octanol–water partition coefficient (Wildman–Crippen LogP) is 4.94. The quantitative estimate of drug-likeness (QED) is 0.642. The number of halogens is 1. The number of aromatic nitrogens is 3. The molecule has 0 bridgehead atoms. The average Bonchev–Trinajstić information content (AvgIpc) is 3.16. The van der Waals surface area contributed by atoms with Crippen molar-refractivity contribution < 1.29 is 9.13 Å². The van der Waals surface area contributed by atoms with E-state index in [0.29, 0.717) is 23.6 Å². The highest BCUT2D eigenvalue weighted by molar-refractivity contribution is 5.84. The molecule has 0 saturated heterocycles. The zero-order valence-electron chi connectivity index (χ0n) is 18.3. The molecule has 1 aromatic carbocycles. The molecule has 0 spiro atoms. The minimum Gasteiger partial charge on any atom is -0.489 e. The van der Waals surface area contributed by atoms with E-state index in [0.717, 1.165) is 11.1 Å². The average molecular weight is 412 g/mol. The molecule has 6 nitrogen and oxygen atoms in total. The van der Waals surface area contributed by atoms with Crippen LogP contribution in [0.4, 0.5) is 4.39 Å². The van der Waals surface area contributed by atoms with E-state index in [4.69, 9.17) is 10.5 Å². The number of rotatable bonds is 5. The summed E-state index contributed by atoms with van der Waals surface area (Å²) in [4.78, 5) is 4.05. The van der Waals surface area contributed by atoms with Gasteiger partial charge in [0, 0.05) is 42.7 Å². The second-order valence-corrected chi connectivity index (χ2v) is 6.06. The highest BCUT2D eigenvalue weighted by Gasteiger charge is 2.19. The number of aryl methyl sites for hydroxylation is 1. The molecule has 0 saturated carbocycles. The Bertz CT molecular complexity index is 945. The second kappa shape index (κ2) is 13.1. The Morgan fingerprint density at radius 3 is 2.33 bits per heavy atom. The lowest BCUT2D eigenvalue weighted by Gasteiger charge is -2.12. The van der Waals surface area contributed by atoms with Crippen LogP contribution in [0.3, 0.4) is 0 Å². The molecular weight excluding hydrogens is 381 g/mol. The van der Waals surface area contributed by atoms with E-state index in [1.54, 1.807) is 36.1 Å². The van der Waals surface area contributed by atoms with Crippen molar-refractivity contribution in [2.75, 3.05) is 13.2 Å². The fourth-order valence-corrected chi connectivity index (χ4v) is 2.55. The van der Waals surface area contributed by atoms with Gasteiger partial charge in [0.2, 0.25) is 0 Å². The molecule has 0 unspecified atom stereocenters. The van der Waals surface area contributed by atoms with Gasteiger partial charge < -0.3 is 10.5 Å². The summed E-state index contributed by atoms with van der Waals surface area (Å²) in [5.74, 6) is 0.0516. The van der Waals surface area contributed by atoms with Crippen LogP contribution >= 0.6 is 0 Å². The molecule has 0 radical (unpaired) electrons. The van der Waals surface area contributed by atoms with Gasteiger partial charge in [-0.3, -0.25) is 4.68 Å². The molecule has 0 amide bonds. The molecule has 2 N–H and O–H groups in total. The molecule has 0 aliphatic carbocycles. The molecule has 0 fully saturated rings. The monoisotopic (exact) mass is 411 g/mol. The summed E-state index contributed by atoms with van der Waals surface area (Å²) in [5.41, 5.74) is 8.57. The third-order valence-electron chi connectivity index (χ3n) is 3.61. The maximum atomic E-state index is 13.2. The Labute approximate surface area is 178 Å². The molecule has 3 aromatic rings. The number of hydrogen-bond acceptors (Lipinski definition) is 5. The fourth-order valence-electron chi connectivity index (χ4n) is 2.55. The summed E-state index contributed by atoms with van der Waals surface area (Å²) in [6, 6.07) is 9.88. The minimum absolute atomic E-state index is 0.180. The molecule has 3 rings (SSSR count). The van der Waals surface area contributed by atoms with Crippen molar-refractivity contribution in [3.05, 3.63) is 54.2 Å². The smallest absolute Gasteiger partial charge is 0.183 e. The topological polar surface area (TPSA) is 89.8 Å². The Kier molecular flexibility index (Phi) is 10.8. The number of pyridine rings is 1. The predicted molar refractivity (Wildman–Crippen MR) is 118 cm³/mol. The van der Waals surface area contributed by atoms with Gasteiger partial charge in [0.15, 0.2) is 11.4 Å². The van der Waals surface area contributed by atoms with E-state index in [-0.39, 0.29) is 18.1 Å². The molecule has 160 valence electrons. The Morgan fingerprint density at radius 2 is 1.77 bits per heavy atom. The number of nitrogens with zero attached hydrogens (tertiary/aromatic N) is 4. The van der Waals surface area contributed by atoms with E-state index < -0.39 is 0 Å². The number of nitriles is 1. The summed E-state index contributed by atoms with van der Waals surface area (Å²) in [6.07, 6.45) is 4.62. The van der Waals surface area contributed by atoms with Crippen LogP contribution in [0, 0.1) is 17.1 Å². The van der Waals surface area contributed by atoms with Crippen molar-refractivity contribution in [3.63, 3.8) is 0 Å². The number of nitrogens with two attached hydrogens (primary N) is 1. The molecule has 0 aliphatic rings. The highest BCUT2D eigenvalue weighted by Crippen LogP contribution is 2.37. The van der Waals surface area contributed by atoms with Gasteiger partial charge in [-0.1, -0.05) is 34.1 Å². The maximum absolute atomic E-state index is 13.2. The zero-order valence-corrected chi connectivity index (χ0v) is 18.3. The molecule has 2 aromatic heterocycles. The van der Waals surface area contributed by atoms with Crippen LogP contribution in [0.5, 0.6) is 5.75 Å². The molecule has 0 aliphatic heterocycles. The van der Waals surface area contributed by atoms with Crippen molar-refractivity contribution in [1.29, 1.82) is 5.26 Å². The SMILES string of the molecule is CC.CCC.Cn1cc(-c2ccnc(C#N)c2OCCN)c(-c2ccc(F)cc2)n1. The Hall–Kier alpha value is -3.24. The van der Waals surface area contributed by atoms with Crippen molar-refractivity contribution in [2.24, 2.45) is 12.8 Å². The van der Waals surface area contributed by atoms with Gasteiger partial charge >= 0.3 is 0 Å². The molecule has 0 atom stereocenters. The van der Waals surface area contributed by atoms with E-state index in [1.807, 2.05) is 26.1 Å². The zero-order chi connectivity index (χ0) is 22.5. The van der Waals surface area contributed by atoms with Gasteiger partial charge in [-0.2, -0.15) is 10.4 Å². The molecular formula is C23H30FN5O. The van der Waals surface area contributed by atoms with Gasteiger partial charge in [0.1, 0.15) is 24.2 Å². The minimum atomic E-state index is -0.316. The van der Waals surface area contributed by atoms with Gasteiger partial charge in [-0.25, -0.2) is 9.37 Å². The van der Waals surface area contributed by atoms with E-state index in [9.17, 15) is 9.65 Å². The third kappa shape index (κ3) is 6.39. The van der Waals surface area contributed by atoms with Crippen molar-refractivity contribution in [2.45, 2.75) is 34.1 Å². The Morgan fingerprint density at radius 1 is 1.13 bits per heavy atom. The summed E-state index contributed by atoms with van der Waals surface area (Å²) >= 11 is 0. The van der Waals surface area contributed by atoms with E-state index in [2.05, 4.69) is 23.9 Å². The van der Waals surface area contributed by atoms with Gasteiger partial charge in [-0.15, -0.1) is 0 Å². The molecule has 7 heteroatoms. The van der Waals surface area contributed by atoms with Crippen LogP contribution in [0.25, 0.3) is 22.4 Å². The summed E-state index contributed by atoms with van der Waals surface area (Å²) < 4.78 is 20.6. The lowest BCUT2D eigenvalue weighted by Crippen LogP contribution is -2.12. The summed E-state index contributed by atoms with van der Waals surface area (Å²) in [6.45, 7) is 8.83. The highest BCUT2D eigenvalue weighted by atomic mass is 19.1. The van der Waals surface area contributed by atoms with Crippen LogP contribution in [0.2, 0.25) is 0 Å². The maximum Gasteiger partial charge on any atom is 0.183 e. The van der Waals surface area contributed by atoms with E-state index >= 15 is 0 Å². The first-order valence-electron chi connectivity index (χ1n) is 10.1. The molecule has 2 heterocycles. The van der Waals surface area contributed by atoms with Crippen LogP contribution in [0.1, 0.15) is 39.8 Å². The summed E-state index contributed by atoms with van der Waals surface area (Å²) in [5, 5.41) is 13.8. The first kappa shape index (κ1) is 24.8. The standard InChI is InChI=1S/C18H16FN5O.C3H8.C2H6/c1-24-11-15(17(23-24)12-2-4-13(19)5-3-12)14-6-8-22-16(10-21)18(14)25-9-7-20;1-3-2;1-2/h2-6,8,11H,7,9,20H2,1H3;3H2,1-2H3;1-2H3. The third-order valence-corrected chi connectivity index (χ3v) is 3.61. The van der Waals surface area contributed by atoms with Crippen molar-refractivity contribution in [3.8, 4) is 34.2 Å². The summed E-state index contributed by atoms with van der Waals surface area (Å²) in [7, 11) is 1.79. The van der Waals surface area contributed by atoms with Crippen molar-refractivity contribution in [1.82, 2.24) is 14.8 Å². The van der Waals surface area contributed by atoms with E-state index in [1.165, 1.54) is 18.6 Å². The Balaban J connectivity index is 0.000000826. The van der Waals surface area contributed by atoms with Gasteiger partial charge in [0.05, 0.1) is 0 Å². The largest absolute Gasteiger partial charge is 0.489 e. The first-order chi connectivity index (χ1) is 14.5. The van der Waals surface area contributed by atoms with Crippen LogP contribution in [-0.2, 0) is 7.05 Å². The first-order valence-corrected chi connectivity index (χ1v) is 10.1. The lowest BCUT2D eigenvalue weighted by atomic mass is 10.0. The molecule has 30 heavy (non-hydrogen) atoms. The second-order valence-electron chi connectivity index (χ2n) is 6.06. The van der Waals surface area contributed by atoms with Crippen molar-refractivity contribution >= 4 is 0 Å². The number of benzene rings is 1.